The van der Waals surface area contributed by atoms with Crippen molar-refractivity contribution in [1.29, 1.82) is 0 Å². The first kappa shape index (κ1) is 16.0. The molecule has 0 aromatic rings. The monoisotopic (exact) mass is 254 g/mol. The van der Waals surface area contributed by atoms with E-state index in [1.54, 1.807) is 0 Å². The van der Waals surface area contributed by atoms with Gasteiger partial charge in [-0.25, -0.2) is 0 Å². The van der Waals surface area contributed by atoms with Crippen LogP contribution in [0, 0.1) is 22.7 Å². The zero-order valence-electron chi connectivity index (χ0n) is 13.2. The quantitative estimate of drug-likeness (QED) is 0.619. The Balaban J connectivity index is 2.07. The second kappa shape index (κ2) is 6.38. The Bertz CT molecular complexity index is 231. The van der Waals surface area contributed by atoms with Crippen LogP contribution in [0.15, 0.2) is 0 Å². The molecule has 0 radical (unpaired) electrons. The van der Waals surface area contributed by atoms with Crippen molar-refractivity contribution < 1.29 is 0 Å². The fourth-order valence-corrected chi connectivity index (χ4v) is 3.39. The molecule has 0 aliphatic heterocycles. The molecule has 0 heterocycles. The highest BCUT2D eigenvalue weighted by atomic mass is 14.9. The van der Waals surface area contributed by atoms with Gasteiger partial charge in [0.1, 0.15) is 0 Å². The largest absolute Gasteiger partial charge is 0.330 e. The molecule has 0 aromatic heterocycles. The zero-order valence-corrected chi connectivity index (χ0v) is 13.2. The Morgan fingerprint density at radius 3 is 2.17 bits per heavy atom. The highest BCUT2D eigenvalue weighted by Crippen LogP contribution is 2.67. The minimum absolute atomic E-state index is 0.519. The summed E-state index contributed by atoms with van der Waals surface area (Å²) in [6, 6.07) is 0. The molecule has 0 bridgehead atoms. The van der Waals surface area contributed by atoms with E-state index in [0.29, 0.717) is 10.8 Å². The zero-order chi connectivity index (χ0) is 13.8. The third kappa shape index (κ3) is 3.48. The number of hydrogen-bond donors (Lipinski definition) is 2. The molecule has 1 aliphatic rings. The van der Waals surface area contributed by atoms with Crippen molar-refractivity contribution in [2.45, 2.75) is 60.3 Å². The maximum Gasteiger partial charge on any atom is -0.000989 e. The molecule has 1 unspecified atom stereocenters. The van der Waals surface area contributed by atoms with Crippen molar-refractivity contribution in [2.24, 2.45) is 28.4 Å². The summed E-state index contributed by atoms with van der Waals surface area (Å²) >= 11 is 0. The van der Waals surface area contributed by atoms with Crippen LogP contribution in [-0.4, -0.2) is 19.6 Å². The van der Waals surface area contributed by atoms with E-state index in [2.05, 4.69) is 39.9 Å². The molecule has 18 heavy (non-hydrogen) atoms. The molecule has 2 heteroatoms. The Morgan fingerprint density at radius 2 is 1.72 bits per heavy atom. The lowest BCUT2D eigenvalue weighted by atomic mass is 9.97. The van der Waals surface area contributed by atoms with Crippen molar-refractivity contribution in [2.75, 3.05) is 19.6 Å². The van der Waals surface area contributed by atoms with E-state index in [4.69, 9.17) is 5.73 Å². The molecule has 0 spiro atoms. The molecule has 1 atom stereocenters. The lowest BCUT2D eigenvalue weighted by molar-refractivity contribution is 0.417. The minimum atomic E-state index is 0.519. The summed E-state index contributed by atoms with van der Waals surface area (Å²) < 4.78 is 0. The SMILES string of the molecule is CCC(CCN)CCCNCC1C(C)(C)C1(C)C. The van der Waals surface area contributed by atoms with Gasteiger partial charge in [0.25, 0.3) is 0 Å². The van der Waals surface area contributed by atoms with Gasteiger partial charge in [-0.3, -0.25) is 0 Å². The number of nitrogens with two attached hydrogens (primary N) is 1. The lowest BCUT2D eigenvalue weighted by Crippen LogP contribution is -2.21. The minimum Gasteiger partial charge on any atom is -0.330 e. The lowest BCUT2D eigenvalue weighted by Gasteiger charge is -2.13. The van der Waals surface area contributed by atoms with E-state index in [1.807, 2.05) is 0 Å². The predicted molar refractivity (Wildman–Crippen MR) is 80.6 cm³/mol. The van der Waals surface area contributed by atoms with Gasteiger partial charge in [0.15, 0.2) is 0 Å². The molecule has 1 aliphatic carbocycles. The van der Waals surface area contributed by atoms with Crippen LogP contribution in [0.3, 0.4) is 0 Å². The second-order valence-corrected chi connectivity index (χ2v) is 7.19. The summed E-state index contributed by atoms with van der Waals surface area (Å²) in [4.78, 5) is 0. The van der Waals surface area contributed by atoms with Crippen LogP contribution in [0.5, 0.6) is 0 Å². The Morgan fingerprint density at radius 1 is 1.11 bits per heavy atom. The highest BCUT2D eigenvalue weighted by molar-refractivity contribution is 5.12. The van der Waals surface area contributed by atoms with Gasteiger partial charge in [-0.15, -0.1) is 0 Å². The molecule has 1 rings (SSSR count). The fraction of sp³-hybridized carbons (Fsp3) is 1.00. The third-order valence-corrected chi connectivity index (χ3v) is 5.79. The van der Waals surface area contributed by atoms with Gasteiger partial charge in [-0.2, -0.15) is 0 Å². The standard InChI is InChI=1S/C16H34N2/c1-6-13(9-10-17)8-7-11-18-12-14-15(2,3)16(14,4)5/h13-14,18H,6-12,17H2,1-5H3. The summed E-state index contributed by atoms with van der Waals surface area (Å²) in [7, 11) is 0. The maximum absolute atomic E-state index is 5.63. The van der Waals surface area contributed by atoms with Crippen molar-refractivity contribution in [3.63, 3.8) is 0 Å². The smallest absolute Gasteiger partial charge is 0.000989 e. The molecule has 0 amide bonds. The fourth-order valence-electron chi connectivity index (χ4n) is 3.39. The van der Waals surface area contributed by atoms with Gasteiger partial charge in [0.2, 0.25) is 0 Å². The number of hydrogen-bond acceptors (Lipinski definition) is 2. The highest BCUT2D eigenvalue weighted by Gasteiger charge is 2.63. The van der Waals surface area contributed by atoms with E-state index >= 15 is 0 Å². The first-order valence-corrected chi connectivity index (χ1v) is 7.78. The molecule has 3 N–H and O–H groups in total. The van der Waals surface area contributed by atoms with E-state index in [-0.39, 0.29) is 0 Å². The summed E-state index contributed by atoms with van der Waals surface area (Å²) in [5.41, 5.74) is 6.67. The van der Waals surface area contributed by atoms with Crippen LogP contribution < -0.4 is 11.1 Å². The molecule has 1 saturated carbocycles. The van der Waals surface area contributed by atoms with Crippen LogP contribution in [0.25, 0.3) is 0 Å². The van der Waals surface area contributed by atoms with E-state index in [9.17, 15) is 0 Å². The topological polar surface area (TPSA) is 38.0 Å². The Hall–Kier alpha value is -0.0800. The molecule has 0 aromatic carbocycles. The van der Waals surface area contributed by atoms with Crippen molar-refractivity contribution >= 4 is 0 Å². The van der Waals surface area contributed by atoms with E-state index < -0.39 is 0 Å². The summed E-state index contributed by atoms with van der Waals surface area (Å²) in [6.07, 6.45) is 5.10. The van der Waals surface area contributed by atoms with Crippen LogP contribution in [-0.2, 0) is 0 Å². The molecule has 0 saturated heterocycles. The van der Waals surface area contributed by atoms with Gasteiger partial charge in [-0.1, -0.05) is 41.0 Å². The molecular weight excluding hydrogens is 220 g/mol. The van der Waals surface area contributed by atoms with Gasteiger partial charge in [0, 0.05) is 0 Å². The van der Waals surface area contributed by atoms with Crippen LogP contribution in [0.2, 0.25) is 0 Å². The molecule has 1 fully saturated rings. The van der Waals surface area contributed by atoms with Crippen LogP contribution in [0.1, 0.15) is 60.3 Å². The first-order chi connectivity index (χ1) is 8.37. The maximum atomic E-state index is 5.63. The van der Waals surface area contributed by atoms with Crippen LogP contribution in [0.4, 0.5) is 0 Å². The Kier molecular flexibility index (Phi) is 5.67. The average molecular weight is 254 g/mol. The molecule has 2 nitrogen and oxygen atoms in total. The second-order valence-electron chi connectivity index (χ2n) is 7.19. The average Bonchev–Trinajstić information content (AvgIpc) is 2.69. The predicted octanol–water partition coefficient (Wildman–Crippen LogP) is 3.41. The van der Waals surface area contributed by atoms with Crippen LogP contribution >= 0.6 is 0 Å². The van der Waals surface area contributed by atoms with Gasteiger partial charge in [-0.05, 0) is 61.6 Å². The number of rotatable bonds is 9. The summed E-state index contributed by atoms with van der Waals surface area (Å²) in [5.74, 6) is 1.68. The summed E-state index contributed by atoms with van der Waals surface area (Å²) in [6.45, 7) is 15.1. The Labute approximate surface area is 114 Å². The third-order valence-electron chi connectivity index (χ3n) is 5.79. The first-order valence-electron chi connectivity index (χ1n) is 7.78. The van der Waals surface area contributed by atoms with E-state index in [1.165, 1.54) is 38.8 Å². The normalized spacial score (nSPS) is 23.0. The number of nitrogens with one attached hydrogen (secondary N) is 1. The van der Waals surface area contributed by atoms with Crippen molar-refractivity contribution in [1.82, 2.24) is 5.32 Å². The molecular formula is C16H34N2. The van der Waals surface area contributed by atoms with Gasteiger partial charge in [0.05, 0.1) is 0 Å². The van der Waals surface area contributed by atoms with E-state index in [0.717, 1.165) is 18.4 Å². The van der Waals surface area contributed by atoms with Gasteiger partial charge < -0.3 is 11.1 Å². The van der Waals surface area contributed by atoms with Crippen molar-refractivity contribution in [3.05, 3.63) is 0 Å². The van der Waals surface area contributed by atoms with Crippen molar-refractivity contribution in [3.8, 4) is 0 Å². The molecule has 108 valence electrons. The van der Waals surface area contributed by atoms with Gasteiger partial charge >= 0.3 is 0 Å². The summed E-state index contributed by atoms with van der Waals surface area (Å²) in [5, 5.41) is 3.65.